The second kappa shape index (κ2) is 4.80. The van der Waals surface area contributed by atoms with E-state index in [-0.39, 0.29) is 0 Å². The first-order valence-corrected chi connectivity index (χ1v) is 6.97. The second-order valence-electron chi connectivity index (χ2n) is 4.86. The number of nitrogens with two attached hydrogens (primary N) is 1. The van der Waals surface area contributed by atoms with Gasteiger partial charge in [0.1, 0.15) is 0 Å². The molecule has 0 amide bonds. The summed E-state index contributed by atoms with van der Waals surface area (Å²) < 4.78 is 2.25. The van der Waals surface area contributed by atoms with Crippen molar-refractivity contribution in [1.29, 1.82) is 0 Å². The minimum Gasteiger partial charge on any atom is -0.326 e. The zero-order valence-electron chi connectivity index (χ0n) is 10.1. The number of aryl methyl sites for hydroxylation is 2. The van der Waals surface area contributed by atoms with E-state index in [1.54, 1.807) is 0 Å². The molecule has 3 nitrogen and oxygen atoms in total. The van der Waals surface area contributed by atoms with Crippen LogP contribution in [0.1, 0.15) is 31.9 Å². The highest BCUT2D eigenvalue weighted by atomic mass is 32.2. The molecule has 2 N–H and O–H groups in total. The van der Waals surface area contributed by atoms with Crippen molar-refractivity contribution >= 4 is 11.8 Å². The van der Waals surface area contributed by atoms with Crippen LogP contribution in [0.15, 0.2) is 12.3 Å². The molecular weight excluding hydrogens is 218 g/mol. The molecule has 1 fully saturated rings. The number of nitrogens with zero attached hydrogens (tertiary/aromatic N) is 2. The lowest BCUT2D eigenvalue weighted by Crippen LogP contribution is -2.41. The fraction of sp³-hybridized carbons (Fsp3) is 0.750. The lowest BCUT2D eigenvalue weighted by atomic mass is 9.93. The first kappa shape index (κ1) is 12.0. The Hall–Kier alpha value is -0.480. The standard InChI is InChI=1S/C12H21N3S/c1-12(7-3-9-16-12)11(13)5-4-10-6-8-14-15(10)2/h6,8,11H,3-5,7,9,13H2,1-2H3. The first-order valence-electron chi connectivity index (χ1n) is 5.98. The summed E-state index contributed by atoms with van der Waals surface area (Å²) in [5.41, 5.74) is 7.61. The van der Waals surface area contributed by atoms with E-state index in [0.29, 0.717) is 10.8 Å². The molecule has 2 unspecified atom stereocenters. The fourth-order valence-corrected chi connectivity index (χ4v) is 3.72. The van der Waals surface area contributed by atoms with Crippen LogP contribution in [-0.2, 0) is 13.5 Å². The Labute approximate surface area is 102 Å². The first-order chi connectivity index (χ1) is 7.62. The van der Waals surface area contributed by atoms with Crippen molar-refractivity contribution in [3.05, 3.63) is 18.0 Å². The molecular formula is C12H21N3S. The van der Waals surface area contributed by atoms with E-state index in [9.17, 15) is 0 Å². The van der Waals surface area contributed by atoms with Crippen LogP contribution < -0.4 is 5.73 Å². The minimum atomic E-state index is 0.301. The molecule has 0 aliphatic carbocycles. The second-order valence-corrected chi connectivity index (χ2v) is 6.49. The molecule has 1 aromatic heterocycles. The molecule has 1 aromatic rings. The lowest BCUT2D eigenvalue weighted by molar-refractivity contribution is 0.455. The van der Waals surface area contributed by atoms with E-state index in [2.05, 4.69) is 18.1 Å². The lowest BCUT2D eigenvalue weighted by Gasteiger charge is -2.30. The molecule has 2 rings (SSSR count). The quantitative estimate of drug-likeness (QED) is 0.873. The largest absolute Gasteiger partial charge is 0.326 e. The summed E-state index contributed by atoms with van der Waals surface area (Å²) in [6, 6.07) is 2.38. The normalized spacial score (nSPS) is 27.2. The molecule has 90 valence electrons. The van der Waals surface area contributed by atoms with Gasteiger partial charge in [-0.2, -0.15) is 16.9 Å². The van der Waals surface area contributed by atoms with E-state index in [1.165, 1.54) is 24.3 Å². The maximum Gasteiger partial charge on any atom is 0.0492 e. The fourth-order valence-electron chi connectivity index (χ4n) is 2.35. The smallest absolute Gasteiger partial charge is 0.0492 e. The molecule has 0 saturated carbocycles. The van der Waals surface area contributed by atoms with Gasteiger partial charge in [-0.3, -0.25) is 4.68 Å². The molecule has 2 heterocycles. The number of aromatic nitrogens is 2. The van der Waals surface area contributed by atoms with Gasteiger partial charge in [-0.05, 0) is 44.4 Å². The van der Waals surface area contributed by atoms with Crippen LogP contribution in [0.4, 0.5) is 0 Å². The highest BCUT2D eigenvalue weighted by Gasteiger charge is 2.35. The van der Waals surface area contributed by atoms with Crippen LogP contribution in [0.25, 0.3) is 0 Å². The average molecular weight is 239 g/mol. The number of thioether (sulfide) groups is 1. The van der Waals surface area contributed by atoms with Crippen LogP contribution in [0.5, 0.6) is 0 Å². The van der Waals surface area contributed by atoms with E-state index in [0.717, 1.165) is 12.8 Å². The van der Waals surface area contributed by atoms with Gasteiger partial charge in [0.2, 0.25) is 0 Å². The molecule has 1 aliphatic rings. The topological polar surface area (TPSA) is 43.8 Å². The summed E-state index contributed by atoms with van der Waals surface area (Å²) >= 11 is 2.05. The maximum atomic E-state index is 6.33. The van der Waals surface area contributed by atoms with Gasteiger partial charge >= 0.3 is 0 Å². The van der Waals surface area contributed by atoms with E-state index in [4.69, 9.17) is 5.73 Å². The summed E-state index contributed by atoms with van der Waals surface area (Å²) in [5, 5.41) is 4.18. The van der Waals surface area contributed by atoms with Crippen LogP contribution in [0.2, 0.25) is 0 Å². The van der Waals surface area contributed by atoms with E-state index < -0.39 is 0 Å². The summed E-state index contributed by atoms with van der Waals surface area (Å²) in [5.74, 6) is 1.27. The van der Waals surface area contributed by atoms with Crippen molar-refractivity contribution < 1.29 is 0 Å². The third kappa shape index (κ3) is 2.43. The SMILES string of the molecule is Cn1nccc1CCC(N)C1(C)CCCS1. The number of hydrogen-bond donors (Lipinski definition) is 1. The molecule has 4 heteroatoms. The van der Waals surface area contributed by atoms with Crippen molar-refractivity contribution in [2.75, 3.05) is 5.75 Å². The van der Waals surface area contributed by atoms with Crippen LogP contribution in [0.3, 0.4) is 0 Å². The monoisotopic (exact) mass is 239 g/mol. The zero-order valence-corrected chi connectivity index (χ0v) is 11.0. The Balaban J connectivity index is 1.88. The van der Waals surface area contributed by atoms with Gasteiger partial charge in [0.15, 0.2) is 0 Å². The molecule has 16 heavy (non-hydrogen) atoms. The third-order valence-corrected chi connectivity index (χ3v) is 5.33. The summed E-state index contributed by atoms with van der Waals surface area (Å²) in [6.07, 6.45) is 6.54. The van der Waals surface area contributed by atoms with Gasteiger partial charge in [0, 0.05) is 29.7 Å². The van der Waals surface area contributed by atoms with Gasteiger partial charge in [-0.25, -0.2) is 0 Å². The molecule has 1 aliphatic heterocycles. The molecule has 1 saturated heterocycles. The summed E-state index contributed by atoms with van der Waals surface area (Å²) in [7, 11) is 1.99. The Morgan fingerprint density at radius 2 is 2.50 bits per heavy atom. The average Bonchev–Trinajstić information content (AvgIpc) is 2.85. The Morgan fingerprint density at radius 3 is 3.06 bits per heavy atom. The van der Waals surface area contributed by atoms with Crippen molar-refractivity contribution in [2.45, 2.75) is 43.4 Å². The number of hydrogen-bond acceptors (Lipinski definition) is 3. The van der Waals surface area contributed by atoms with Crippen molar-refractivity contribution in [3.8, 4) is 0 Å². The van der Waals surface area contributed by atoms with Crippen molar-refractivity contribution in [2.24, 2.45) is 12.8 Å². The Kier molecular flexibility index (Phi) is 3.60. The number of rotatable bonds is 4. The van der Waals surface area contributed by atoms with Gasteiger partial charge < -0.3 is 5.73 Å². The zero-order chi connectivity index (χ0) is 11.6. The van der Waals surface area contributed by atoms with E-state index >= 15 is 0 Å². The third-order valence-electron chi connectivity index (χ3n) is 3.67. The summed E-state index contributed by atoms with van der Waals surface area (Å²) in [4.78, 5) is 0. The maximum absolute atomic E-state index is 6.33. The predicted molar refractivity (Wildman–Crippen MR) is 69.6 cm³/mol. The van der Waals surface area contributed by atoms with Gasteiger partial charge in [0.05, 0.1) is 0 Å². The van der Waals surface area contributed by atoms with Gasteiger partial charge in [0.25, 0.3) is 0 Å². The van der Waals surface area contributed by atoms with Crippen LogP contribution >= 0.6 is 11.8 Å². The van der Waals surface area contributed by atoms with Gasteiger partial charge in [-0.1, -0.05) is 0 Å². The molecule has 0 aromatic carbocycles. The van der Waals surface area contributed by atoms with Crippen molar-refractivity contribution in [3.63, 3.8) is 0 Å². The Morgan fingerprint density at radius 1 is 1.69 bits per heavy atom. The highest BCUT2D eigenvalue weighted by Crippen LogP contribution is 2.40. The summed E-state index contributed by atoms with van der Waals surface area (Å²) in [6.45, 7) is 2.32. The predicted octanol–water partition coefficient (Wildman–Crippen LogP) is 1.97. The van der Waals surface area contributed by atoms with Crippen molar-refractivity contribution in [1.82, 2.24) is 9.78 Å². The molecule has 0 bridgehead atoms. The van der Waals surface area contributed by atoms with E-state index in [1.807, 2.05) is 29.7 Å². The van der Waals surface area contributed by atoms with Crippen LogP contribution in [-0.4, -0.2) is 26.3 Å². The van der Waals surface area contributed by atoms with Crippen LogP contribution in [0, 0.1) is 0 Å². The molecule has 0 radical (unpaired) electrons. The molecule has 2 atom stereocenters. The highest BCUT2D eigenvalue weighted by molar-refractivity contribution is 8.00. The minimum absolute atomic E-state index is 0.301. The van der Waals surface area contributed by atoms with Gasteiger partial charge in [-0.15, -0.1) is 0 Å². The Bertz CT molecular complexity index is 342. The molecule has 0 spiro atoms.